The number of carbonyl (C=O) groups is 2. The maximum atomic E-state index is 13.9. The van der Waals surface area contributed by atoms with Crippen LogP contribution in [0, 0.1) is 0 Å². The van der Waals surface area contributed by atoms with E-state index in [4.69, 9.17) is 16.3 Å². The highest BCUT2D eigenvalue weighted by molar-refractivity contribution is 8.18. The number of thioether (sulfide) groups is 1. The van der Waals surface area contributed by atoms with Crippen molar-refractivity contribution in [1.82, 2.24) is 20.0 Å². The molecule has 7 nitrogen and oxygen atoms in total. The number of nitrogens with one attached hydrogen (secondary N) is 1. The number of aromatic amines is 1. The highest BCUT2D eigenvalue weighted by Gasteiger charge is 2.40. The molecule has 37 heavy (non-hydrogen) atoms. The number of imide groups is 1. The normalized spacial score (nSPS) is 20.8. The summed E-state index contributed by atoms with van der Waals surface area (Å²) in [5, 5.41) is 7.02. The van der Waals surface area contributed by atoms with E-state index >= 15 is 0 Å². The molecular formula is C25H22ClF3N4O3S. The zero-order chi connectivity index (χ0) is 26.3. The fraction of sp³-hybridized carbons (Fsp3) is 0.320. The lowest BCUT2D eigenvalue weighted by molar-refractivity contribution is -0.138. The topological polar surface area (TPSA) is 78.5 Å². The maximum absolute atomic E-state index is 13.9. The third-order valence-electron chi connectivity index (χ3n) is 6.38. The zero-order valence-corrected chi connectivity index (χ0v) is 21.2. The molecule has 5 rings (SSSR count). The van der Waals surface area contributed by atoms with Gasteiger partial charge in [-0.2, -0.15) is 18.3 Å². The number of nitrogens with zero attached hydrogens (tertiary/aromatic N) is 3. The molecular weight excluding hydrogens is 529 g/mol. The molecule has 0 spiro atoms. The summed E-state index contributed by atoms with van der Waals surface area (Å²) in [5.41, 5.74) is 0.639. The Labute approximate surface area is 219 Å². The van der Waals surface area contributed by atoms with E-state index < -0.39 is 22.9 Å². The van der Waals surface area contributed by atoms with Crippen molar-refractivity contribution in [3.8, 4) is 0 Å². The van der Waals surface area contributed by atoms with E-state index in [1.807, 2.05) is 11.9 Å². The van der Waals surface area contributed by atoms with Gasteiger partial charge in [-0.15, -0.1) is 0 Å². The largest absolute Gasteiger partial charge is 0.416 e. The average molecular weight is 551 g/mol. The summed E-state index contributed by atoms with van der Waals surface area (Å²) >= 11 is 6.61. The predicted molar refractivity (Wildman–Crippen MR) is 135 cm³/mol. The van der Waals surface area contributed by atoms with Gasteiger partial charge in [0.25, 0.3) is 11.1 Å². The number of ether oxygens (including phenoxy) is 1. The van der Waals surface area contributed by atoms with E-state index in [0.717, 1.165) is 40.2 Å². The van der Waals surface area contributed by atoms with Crippen LogP contribution in [0.15, 0.2) is 47.5 Å². The molecule has 3 aromatic rings. The van der Waals surface area contributed by atoms with Crippen LogP contribution in [0.5, 0.6) is 0 Å². The van der Waals surface area contributed by atoms with Crippen LogP contribution in [0.4, 0.5) is 18.0 Å². The van der Waals surface area contributed by atoms with Crippen molar-refractivity contribution >= 4 is 51.0 Å². The minimum absolute atomic E-state index is 0.0461. The lowest BCUT2D eigenvalue weighted by atomic mass is 9.93. The smallest absolute Gasteiger partial charge is 0.374 e. The highest BCUT2D eigenvalue weighted by atomic mass is 35.5. The van der Waals surface area contributed by atoms with E-state index in [1.54, 1.807) is 24.4 Å². The number of amides is 2. The van der Waals surface area contributed by atoms with Crippen molar-refractivity contribution in [2.24, 2.45) is 0 Å². The molecule has 2 amide bonds. The van der Waals surface area contributed by atoms with Crippen molar-refractivity contribution in [3.63, 3.8) is 0 Å². The van der Waals surface area contributed by atoms with Crippen molar-refractivity contribution < 1.29 is 27.5 Å². The third kappa shape index (κ3) is 5.40. The Hall–Kier alpha value is -2.86. The molecule has 1 atom stereocenters. The molecule has 2 aromatic carbocycles. The number of likely N-dealkylation sites (N-methyl/N-ethyl adjacent to an activating group) is 1. The maximum Gasteiger partial charge on any atom is 0.416 e. The summed E-state index contributed by atoms with van der Waals surface area (Å²) in [6.45, 7) is 1.87. The molecule has 0 saturated carbocycles. The van der Waals surface area contributed by atoms with Crippen LogP contribution in [0.1, 0.15) is 16.7 Å². The molecule has 2 saturated heterocycles. The first kappa shape index (κ1) is 25.8. The number of allylic oxidation sites excluding steroid dienone is 1. The number of aromatic nitrogens is 2. The summed E-state index contributed by atoms with van der Waals surface area (Å²) in [4.78, 5) is 29.7. The van der Waals surface area contributed by atoms with Crippen LogP contribution in [0.2, 0.25) is 5.02 Å². The molecule has 194 valence electrons. The van der Waals surface area contributed by atoms with Gasteiger partial charge in [-0.25, -0.2) is 0 Å². The van der Waals surface area contributed by atoms with Crippen molar-refractivity contribution in [2.75, 3.05) is 33.3 Å². The average Bonchev–Trinajstić information content (AvgIpc) is 3.42. The minimum Gasteiger partial charge on any atom is -0.374 e. The quantitative estimate of drug-likeness (QED) is 0.439. The number of fused-ring (bicyclic) bond motifs is 1. The van der Waals surface area contributed by atoms with E-state index in [9.17, 15) is 22.8 Å². The Morgan fingerprint density at radius 3 is 2.81 bits per heavy atom. The fourth-order valence-electron chi connectivity index (χ4n) is 4.52. The van der Waals surface area contributed by atoms with Crippen LogP contribution in [0.3, 0.4) is 0 Å². The number of H-pyrrole nitrogens is 1. The molecule has 2 aliphatic rings. The van der Waals surface area contributed by atoms with Crippen molar-refractivity contribution in [3.05, 3.63) is 69.2 Å². The van der Waals surface area contributed by atoms with E-state index in [2.05, 4.69) is 10.2 Å². The Morgan fingerprint density at radius 1 is 1.24 bits per heavy atom. The number of carbonyl (C=O) groups excluding carboxylic acids is 2. The highest BCUT2D eigenvalue weighted by Crippen LogP contribution is 2.41. The number of halogens is 4. The molecule has 0 unspecified atom stereocenters. The second kappa shape index (κ2) is 10.1. The van der Waals surface area contributed by atoms with Gasteiger partial charge in [-0.05, 0) is 66.2 Å². The Bertz CT molecular complexity index is 1410. The van der Waals surface area contributed by atoms with Crippen molar-refractivity contribution in [1.29, 1.82) is 0 Å². The standard InChI is InChI=1S/C25H22ClF3N4O3S/c1-32-6-7-36-18(12-32)13-33-23(34)22(37-24(33)35)19(14-3-5-21-16(8-14)11-30-31-21)9-15-2-4-17(26)10-20(15)25(27,28)29/h2-5,8,10-11,18H,6-7,9,12-13H2,1H3,(H,30,31)/b22-19-/t18-/m0/s1. The number of benzene rings is 2. The van der Waals surface area contributed by atoms with Gasteiger partial charge in [0.05, 0.1) is 41.4 Å². The zero-order valence-electron chi connectivity index (χ0n) is 19.6. The van der Waals surface area contributed by atoms with Gasteiger partial charge in [0.2, 0.25) is 0 Å². The Morgan fingerprint density at radius 2 is 2.05 bits per heavy atom. The Balaban J connectivity index is 1.57. The SMILES string of the molecule is CN1CCO[C@H](CN2C(=O)S/C(=C(/Cc3ccc(Cl)cc3C(F)(F)F)c3ccc4[nH]ncc4c3)C2=O)C1. The monoisotopic (exact) mass is 550 g/mol. The second-order valence-corrected chi connectivity index (χ2v) is 10.4. The number of rotatable bonds is 5. The van der Waals surface area contributed by atoms with Crippen LogP contribution >= 0.6 is 23.4 Å². The number of hydrogen-bond acceptors (Lipinski definition) is 6. The van der Waals surface area contributed by atoms with Gasteiger partial charge < -0.3 is 9.64 Å². The molecule has 0 radical (unpaired) electrons. The van der Waals surface area contributed by atoms with Crippen LogP contribution in [-0.4, -0.2) is 70.5 Å². The molecule has 0 bridgehead atoms. The molecule has 0 aliphatic carbocycles. The van der Waals surface area contributed by atoms with E-state index in [1.165, 1.54) is 12.1 Å². The summed E-state index contributed by atoms with van der Waals surface area (Å²) < 4.78 is 47.4. The van der Waals surface area contributed by atoms with Gasteiger partial charge >= 0.3 is 6.18 Å². The molecule has 1 aromatic heterocycles. The van der Waals surface area contributed by atoms with Gasteiger partial charge in [0.1, 0.15) is 0 Å². The molecule has 2 fully saturated rings. The van der Waals surface area contributed by atoms with Crippen LogP contribution < -0.4 is 0 Å². The Kier molecular flexibility index (Phi) is 7.06. The summed E-state index contributed by atoms with van der Waals surface area (Å²) in [6.07, 6.45) is -3.63. The predicted octanol–water partition coefficient (Wildman–Crippen LogP) is 5.21. The second-order valence-electron chi connectivity index (χ2n) is 8.99. The first-order valence-electron chi connectivity index (χ1n) is 11.5. The van der Waals surface area contributed by atoms with Crippen LogP contribution in [-0.2, 0) is 22.1 Å². The number of alkyl halides is 3. The summed E-state index contributed by atoms with van der Waals surface area (Å²) in [6, 6.07) is 8.73. The minimum atomic E-state index is -4.65. The van der Waals surface area contributed by atoms with Gasteiger partial charge in [0, 0.05) is 23.5 Å². The lowest BCUT2D eigenvalue weighted by Crippen LogP contribution is -2.47. The number of morpholine rings is 1. The van der Waals surface area contributed by atoms with E-state index in [0.29, 0.717) is 24.3 Å². The first-order chi connectivity index (χ1) is 17.6. The lowest BCUT2D eigenvalue weighted by Gasteiger charge is -2.31. The molecule has 2 aliphatic heterocycles. The summed E-state index contributed by atoms with van der Waals surface area (Å²) in [7, 11) is 1.93. The molecule has 1 N–H and O–H groups in total. The fourth-order valence-corrected chi connectivity index (χ4v) is 5.65. The number of hydrogen-bond donors (Lipinski definition) is 1. The third-order valence-corrected chi connectivity index (χ3v) is 7.64. The van der Waals surface area contributed by atoms with Gasteiger partial charge in [0.15, 0.2) is 0 Å². The summed E-state index contributed by atoms with van der Waals surface area (Å²) in [5.74, 6) is -0.545. The van der Waals surface area contributed by atoms with Gasteiger partial charge in [-0.3, -0.25) is 19.6 Å². The molecule has 12 heteroatoms. The first-order valence-corrected chi connectivity index (χ1v) is 12.7. The van der Waals surface area contributed by atoms with Gasteiger partial charge in [-0.1, -0.05) is 23.7 Å². The van der Waals surface area contributed by atoms with E-state index in [-0.39, 0.29) is 34.6 Å². The van der Waals surface area contributed by atoms with Crippen molar-refractivity contribution in [2.45, 2.75) is 18.7 Å². The molecule has 3 heterocycles. The van der Waals surface area contributed by atoms with Crippen LogP contribution in [0.25, 0.3) is 16.5 Å².